The van der Waals surface area contributed by atoms with Crippen LogP contribution in [-0.2, 0) is 11.2 Å². The molecular formula is C16H10ClNO5. The van der Waals surface area contributed by atoms with Crippen LogP contribution in [-0.4, -0.2) is 27.4 Å². The zero-order valence-corrected chi connectivity index (χ0v) is 12.4. The third-order valence-electron chi connectivity index (χ3n) is 3.82. The molecule has 1 aliphatic heterocycles. The van der Waals surface area contributed by atoms with Gasteiger partial charge in [0, 0.05) is 17.5 Å². The molecule has 2 aromatic carbocycles. The second kappa shape index (κ2) is 4.89. The van der Waals surface area contributed by atoms with Gasteiger partial charge in [-0.15, -0.1) is 0 Å². The predicted octanol–water partition coefficient (Wildman–Crippen LogP) is 3.24. The number of aromatic hydroxyl groups is 1. The van der Waals surface area contributed by atoms with Crippen molar-refractivity contribution in [1.82, 2.24) is 5.16 Å². The van der Waals surface area contributed by atoms with Crippen LogP contribution in [0.25, 0.3) is 22.2 Å². The number of ether oxygens (including phenoxy) is 1. The maximum absolute atomic E-state index is 11.1. The fourth-order valence-corrected chi connectivity index (χ4v) is 3.00. The van der Waals surface area contributed by atoms with Crippen LogP contribution in [0.2, 0.25) is 5.02 Å². The topological polar surface area (TPSA) is 92.8 Å². The molecule has 0 amide bonds. The van der Waals surface area contributed by atoms with E-state index >= 15 is 0 Å². The van der Waals surface area contributed by atoms with E-state index in [-0.39, 0.29) is 17.2 Å². The van der Waals surface area contributed by atoms with Gasteiger partial charge >= 0.3 is 5.97 Å². The summed E-state index contributed by atoms with van der Waals surface area (Å²) in [4.78, 5) is 11.1. The van der Waals surface area contributed by atoms with E-state index in [4.69, 9.17) is 26.0 Å². The quantitative estimate of drug-likeness (QED) is 0.748. The second-order valence-electron chi connectivity index (χ2n) is 5.28. The van der Waals surface area contributed by atoms with E-state index in [1.54, 1.807) is 30.3 Å². The minimum atomic E-state index is -1.04. The Hall–Kier alpha value is -2.73. The fraction of sp³-hybridized carbons (Fsp3) is 0.125. The molecule has 23 heavy (non-hydrogen) atoms. The Morgan fingerprint density at radius 2 is 2.04 bits per heavy atom. The van der Waals surface area contributed by atoms with Crippen LogP contribution in [0.3, 0.4) is 0 Å². The number of carboxylic acids is 1. The summed E-state index contributed by atoms with van der Waals surface area (Å²) in [7, 11) is 0. The summed E-state index contributed by atoms with van der Waals surface area (Å²) in [6.45, 7) is 0. The molecular weight excluding hydrogens is 322 g/mol. The zero-order valence-electron chi connectivity index (χ0n) is 11.6. The average Bonchev–Trinajstić information content (AvgIpc) is 3.13. The molecule has 0 bridgehead atoms. The van der Waals surface area contributed by atoms with Crippen LogP contribution in [0.1, 0.15) is 5.56 Å². The predicted molar refractivity (Wildman–Crippen MR) is 81.9 cm³/mol. The number of carboxylic acid groups (broad SMARTS) is 1. The van der Waals surface area contributed by atoms with Crippen molar-refractivity contribution in [3.8, 4) is 22.8 Å². The largest absolute Gasteiger partial charge is 0.508 e. The maximum Gasteiger partial charge on any atom is 0.345 e. The van der Waals surface area contributed by atoms with Crippen LogP contribution in [0, 0.1) is 0 Å². The van der Waals surface area contributed by atoms with Crippen molar-refractivity contribution in [3.63, 3.8) is 0 Å². The fourth-order valence-electron chi connectivity index (χ4n) is 2.70. The molecule has 0 saturated heterocycles. The van der Waals surface area contributed by atoms with Crippen molar-refractivity contribution in [2.45, 2.75) is 12.5 Å². The van der Waals surface area contributed by atoms with Crippen molar-refractivity contribution in [1.29, 1.82) is 0 Å². The number of hydrogen-bond acceptors (Lipinski definition) is 5. The first-order valence-electron chi connectivity index (χ1n) is 6.84. The number of hydrogen-bond donors (Lipinski definition) is 2. The van der Waals surface area contributed by atoms with E-state index < -0.39 is 12.1 Å². The summed E-state index contributed by atoms with van der Waals surface area (Å²) in [5.41, 5.74) is 2.38. The Bertz CT molecular complexity index is 932. The van der Waals surface area contributed by atoms with Crippen LogP contribution >= 0.6 is 11.6 Å². The first-order chi connectivity index (χ1) is 11.0. The van der Waals surface area contributed by atoms with Crippen LogP contribution in [0.4, 0.5) is 0 Å². The Kier molecular flexibility index (Phi) is 2.96. The summed E-state index contributed by atoms with van der Waals surface area (Å²) in [5.74, 6) is -0.552. The number of aliphatic carboxylic acids is 1. The SMILES string of the molecule is O=C(O)C1Cc2cc3c(-c4ccc(O)cc4)noc3c(Cl)c2O1. The number of rotatable bonds is 2. The number of phenols is 1. The monoisotopic (exact) mass is 331 g/mol. The highest BCUT2D eigenvalue weighted by Crippen LogP contribution is 2.43. The first-order valence-corrected chi connectivity index (χ1v) is 7.22. The Balaban J connectivity index is 1.88. The standard InChI is InChI=1S/C16H10ClNO5/c17-12-14-8(6-11(22-14)16(20)21)5-10-13(18-23-15(10)12)7-1-3-9(19)4-2-7/h1-5,11,19H,6H2,(H,20,21). The average molecular weight is 332 g/mol. The molecule has 4 rings (SSSR count). The molecule has 0 aliphatic carbocycles. The molecule has 1 aliphatic rings. The van der Waals surface area contributed by atoms with Crippen LogP contribution in [0.5, 0.6) is 11.5 Å². The molecule has 3 aromatic rings. The van der Waals surface area contributed by atoms with Crippen molar-refractivity contribution in [3.05, 3.63) is 40.9 Å². The normalized spacial score (nSPS) is 16.3. The highest BCUT2D eigenvalue weighted by atomic mass is 35.5. The Morgan fingerprint density at radius 3 is 2.74 bits per heavy atom. The molecule has 1 aromatic heterocycles. The van der Waals surface area contributed by atoms with Gasteiger partial charge in [-0.2, -0.15) is 0 Å². The summed E-state index contributed by atoms with van der Waals surface area (Å²) in [5, 5.41) is 23.4. The summed E-state index contributed by atoms with van der Waals surface area (Å²) < 4.78 is 10.7. The van der Waals surface area contributed by atoms with Gasteiger partial charge in [-0.3, -0.25) is 0 Å². The third kappa shape index (κ3) is 2.10. The van der Waals surface area contributed by atoms with Gasteiger partial charge in [0.1, 0.15) is 22.2 Å². The second-order valence-corrected chi connectivity index (χ2v) is 5.66. The number of halogens is 1. The number of fused-ring (bicyclic) bond motifs is 2. The lowest BCUT2D eigenvalue weighted by molar-refractivity contribution is -0.144. The van der Waals surface area contributed by atoms with Crippen molar-refractivity contribution < 1.29 is 24.3 Å². The van der Waals surface area contributed by atoms with E-state index in [2.05, 4.69) is 5.16 Å². The minimum Gasteiger partial charge on any atom is -0.508 e. The van der Waals surface area contributed by atoms with Crippen LogP contribution in [0.15, 0.2) is 34.9 Å². The molecule has 2 N–H and O–H groups in total. The third-order valence-corrected chi connectivity index (χ3v) is 4.16. The molecule has 0 fully saturated rings. The Morgan fingerprint density at radius 1 is 1.30 bits per heavy atom. The molecule has 1 unspecified atom stereocenters. The Labute approximate surface area is 134 Å². The van der Waals surface area contributed by atoms with Crippen molar-refractivity contribution in [2.24, 2.45) is 0 Å². The van der Waals surface area contributed by atoms with Gasteiger partial charge in [-0.05, 0) is 30.3 Å². The lowest BCUT2D eigenvalue weighted by Crippen LogP contribution is -2.24. The molecule has 6 nitrogen and oxygen atoms in total. The van der Waals surface area contributed by atoms with Crippen LogP contribution < -0.4 is 4.74 Å². The highest BCUT2D eigenvalue weighted by Gasteiger charge is 2.33. The van der Waals surface area contributed by atoms with Gasteiger partial charge in [-0.25, -0.2) is 4.79 Å². The van der Waals surface area contributed by atoms with E-state index in [0.29, 0.717) is 28.0 Å². The van der Waals surface area contributed by atoms with E-state index in [0.717, 1.165) is 5.56 Å². The molecule has 116 valence electrons. The van der Waals surface area contributed by atoms with Crippen molar-refractivity contribution >= 4 is 28.5 Å². The maximum atomic E-state index is 11.1. The van der Waals surface area contributed by atoms with Crippen molar-refractivity contribution in [2.75, 3.05) is 0 Å². The number of benzene rings is 2. The lowest BCUT2D eigenvalue weighted by Gasteiger charge is -2.05. The number of carbonyl (C=O) groups is 1. The summed E-state index contributed by atoms with van der Waals surface area (Å²) in [6, 6.07) is 8.32. The molecule has 1 atom stereocenters. The van der Waals surface area contributed by atoms with E-state index in [1.165, 1.54) is 0 Å². The zero-order chi connectivity index (χ0) is 16.1. The number of nitrogens with zero attached hydrogens (tertiary/aromatic N) is 1. The number of phenolic OH excluding ortho intramolecular Hbond substituents is 1. The lowest BCUT2D eigenvalue weighted by atomic mass is 10.0. The molecule has 0 spiro atoms. The van der Waals surface area contributed by atoms with Gasteiger partial charge < -0.3 is 19.5 Å². The molecule has 7 heteroatoms. The molecule has 0 saturated carbocycles. The molecule has 0 radical (unpaired) electrons. The van der Waals surface area contributed by atoms with Gasteiger partial charge in [0.15, 0.2) is 11.7 Å². The van der Waals surface area contributed by atoms with Gasteiger partial charge in [0.2, 0.25) is 0 Å². The highest BCUT2D eigenvalue weighted by molar-refractivity contribution is 6.37. The minimum absolute atomic E-state index is 0.151. The first kappa shape index (κ1) is 13.9. The molecule has 2 heterocycles. The smallest absolute Gasteiger partial charge is 0.345 e. The number of aromatic nitrogens is 1. The van der Waals surface area contributed by atoms with Gasteiger partial charge in [0.05, 0.1) is 5.39 Å². The summed E-state index contributed by atoms with van der Waals surface area (Å²) >= 11 is 6.29. The van der Waals surface area contributed by atoms with Gasteiger partial charge in [0.25, 0.3) is 0 Å². The van der Waals surface area contributed by atoms with E-state index in [1.807, 2.05) is 0 Å². The van der Waals surface area contributed by atoms with E-state index in [9.17, 15) is 9.90 Å². The summed E-state index contributed by atoms with van der Waals surface area (Å²) in [6.07, 6.45) is -0.709. The van der Waals surface area contributed by atoms with Gasteiger partial charge in [-0.1, -0.05) is 16.8 Å².